The number of rotatable bonds is 7. The highest BCUT2D eigenvalue weighted by Gasteiger charge is 2.20. The maximum absolute atomic E-state index is 12.1. The third kappa shape index (κ3) is 4.81. The monoisotopic (exact) mass is 287 g/mol. The van der Waals surface area contributed by atoms with E-state index in [1.165, 1.54) is 13.2 Å². The average Bonchev–Trinajstić information content (AvgIpc) is 2.36. The molecule has 0 aliphatic rings. The molecule has 0 radical (unpaired) electrons. The molecule has 0 aliphatic carbocycles. The highest BCUT2D eigenvalue weighted by molar-refractivity contribution is 7.89. The average molecular weight is 287 g/mol. The summed E-state index contributed by atoms with van der Waals surface area (Å²) in [4.78, 5) is 0.0780. The molecule has 0 aromatic heterocycles. The van der Waals surface area contributed by atoms with Crippen LogP contribution in [-0.2, 0) is 10.0 Å². The SMILES string of the molecule is COc1ccccc1S(=O)(=O)NCC(O)CC(C)C. The van der Waals surface area contributed by atoms with E-state index in [1.807, 2.05) is 13.8 Å². The molecule has 0 heterocycles. The van der Waals surface area contributed by atoms with E-state index in [0.717, 1.165) is 0 Å². The summed E-state index contributed by atoms with van der Waals surface area (Å²) in [5, 5.41) is 9.70. The van der Waals surface area contributed by atoms with Gasteiger partial charge < -0.3 is 9.84 Å². The van der Waals surface area contributed by atoms with Gasteiger partial charge in [-0.2, -0.15) is 0 Å². The Morgan fingerprint density at radius 3 is 2.53 bits per heavy atom. The van der Waals surface area contributed by atoms with Crippen molar-refractivity contribution in [1.82, 2.24) is 4.72 Å². The molecule has 19 heavy (non-hydrogen) atoms. The van der Waals surface area contributed by atoms with E-state index in [0.29, 0.717) is 12.3 Å². The van der Waals surface area contributed by atoms with Crippen molar-refractivity contribution in [3.63, 3.8) is 0 Å². The largest absolute Gasteiger partial charge is 0.495 e. The first kappa shape index (κ1) is 15.9. The van der Waals surface area contributed by atoms with Gasteiger partial charge in [0.2, 0.25) is 10.0 Å². The summed E-state index contributed by atoms with van der Waals surface area (Å²) in [5.74, 6) is 0.596. The van der Waals surface area contributed by atoms with Crippen LogP contribution < -0.4 is 9.46 Å². The van der Waals surface area contributed by atoms with Gasteiger partial charge in [0.25, 0.3) is 0 Å². The van der Waals surface area contributed by atoms with Crippen LogP contribution in [0.5, 0.6) is 5.75 Å². The first-order chi connectivity index (χ1) is 8.86. The third-order valence-electron chi connectivity index (χ3n) is 2.61. The van der Waals surface area contributed by atoms with E-state index in [4.69, 9.17) is 4.74 Å². The van der Waals surface area contributed by atoms with Crippen molar-refractivity contribution in [2.75, 3.05) is 13.7 Å². The molecule has 5 nitrogen and oxygen atoms in total. The summed E-state index contributed by atoms with van der Waals surface area (Å²) in [5.41, 5.74) is 0. The second-order valence-electron chi connectivity index (χ2n) is 4.79. The lowest BCUT2D eigenvalue weighted by atomic mass is 10.1. The molecule has 1 aromatic carbocycles. The second-order valence-corrected chi connectivity index (χ2v) is 6.52. The first-order valence-electron chi connectivity index (χ1n) is 6.17. The van der Waals surface area contributed by atoms with Crippen molar-refractivity contribution in [2.45, 2.75) is 31.3 Å². The van der Waals surface area contributed by atoms with Gasteiger partial charge in [0, 0.05) is 6.54 Å². The normalized spacial score (nSPS) is 13.5. The Kier molecular flexibility index (Phi) is 5.78. The van der Waals surface area contributed by atoms with Crippen molar-refractivity contribution < 1.29 is 18.3 Å². The topological polar surface area (TPSA) is 75.6 Å². The molecular weight excluding hydrogens is 266 g/mol. The number of hydrogen-bond acceptors (Lipinski definition) is 4. The van der Waals surface area contributed by atoms with Crippen molar-refractivity contribution in [2.24, 2.45) is 5.92 Å². The summed E-state index contributed by atoms with van der Waals surface area (Å²) in [6.07, 6.45) is -0.140. The van der Waals surface area contributed by atoms with E-state index in [-0.39, 0.29) is 17.2 Å². The van der Waals surface area contributed by atoms with E-state index < -0.39 is 16.1 Å². The van der Waals surface area contributed by atoms with Crippen LogP contribution in [0.1, 0.15) is 20.3 Å². The minimum atomic E-state index is -3.67. The summed E-state index contributed by atoms with van der Waals surface area (Å²) in [7, 11) is -2.25. The smallest absolute Gasteiger partial charge is 0.244 e. The predicted molar refractivity (Wildman–Crippen MR) is 73.6 cm³/mol. The lowest BCUT2D eigenvalue weighted by Crippen LogP contribution is -2.33. The molecule has 0 fully saturated rings. The fourth-order valence-corrected chi connectivity index (χ4v) is 2.99. The van der Waals surface area contributed by atoms with E-state index >= 15 is 0 Å². The van der Waals surface area contributed by atoms with Crippen molar-refractivity contribution in [1.29, 1.82) is 0 Å². The van der Waals surface area contributed by atoms with Crippen LogP contribution in [0.4, 0.5) is 0 Å². The Hall–Kier alpha value is -1.11. The van der Waals surface area contributed by atoms with Crippen LogP contribution in [0, 0.1) is 5.92 Å². The molecule has 1 atom stereocenters. The fourth-order valence-electron chi connectivity index (χ4n) is 1.75. The van der Waals surface area contributed by atoms with Gasteiger partial charge in [-0.15, -0.1) is 0 Å². The molecule has 1 aromatic rings. The summed E-state index contributed by atoms with van der Waals surface area (Å²) >= 11 is 0. The lowest BCUT2D eigenvalue weighted by Gasteiger charge is -2.15. The van der Waals surface area contributed by atoms with Crippen molar-refractivity contribution in [3.8, 4) is 5.75 Å². The van der Waals surface area contributed by atoms with Gasteiger partial charge in [-0.1, -0.05) is 26.0 Å². The Balaban J connectivity index is 2.76. The van der Waals surface area contributed by atoms with E-state index in [1.54, 1.807) is 18.2 Å². The van der Waals surface area contributed by atoms with Crippen LogP contribution in [0.25, 0.3) is 0 Å². The van der Waals surface area contributed by atoms with Crippen molar-refractivity contribution in [3.05, 3.63) is 24.3 Å². The number of methoxy groups -OCH3 is 1. The Bertz CT molecular complexity index is 499. The minimum absolute atomic E-state index is 0.00143. The van der Waals surface area contributed by atoms with Gasteiger partial charge in [0.15, 0.2) is 0 Å². The number of ether oxygens (including phenoxy) is 1. The van der Waals surface area contributed by atoms with Crippen LogP contribution in [0.15, 0.2) is 29.2 Å². The fraction of sp³-hybridized carbons (Fsp3) is 0.538. The van der Waals surface area contributed by atoms with Gasteiger partial charge >= 0.3 is 0 Å². The molecule has 0 aliphatic heterocycles. The zero-order valence-electron chi connectivity index (χ0n) is 11.5. The zero-order valence-corrected chi connectivity index (χ0v) is 12.3. The first-order valence-corrected chi connectivity index (χ1v) is 7.66. The molecule has 0 saturated carbocycles. The lowest BCUT2D eigenvalue weighted by molar-refractivity contribution is 0.152. The van der Waals surface area contributed by atoms with Crippen LogP contribution in [0.3, 0.4) is 0 Å². The number of hydrogen-bond donors (Lipinski definition) is 2. The third-order valence-corrected chi connectivity index (χ3v) is 4.07. The van der Waals surface area contributed by atoms with Gasteiger partial charge in [-0.05, 0) is 24.5 Å². The maximum Gasteiger partial charge on any atom is 0.244 e. The second kappa shape index (κ2) is 6.88. The molecule has 0 bridgehead atoms. The molecule has 1 unspecified atom stereocenters. The quantitative estimate of drug-likeness (QED) is 0.794. The molecular formula is C13H21NO4S. The summed E-state index contributed by atoms with van der Waals surface area (Å²) in [6, 6.07) is 6.38. The number of para-hydroxylation sites is 1. The molecule has 0 spiro atoms. The standard InChI is InChI=1S/C13H21NO4S/c1-10(2)8-11(15)9-14-19(16,17)13-7-5-4-6-12(13)18-3/h4-7,10-11,14-15H,8-9H2,1-3H3. The Morgan fingerprint density at radius 1 is 1.32 bits per heavy atom. The zero-order chi connectivity index (χ0) is 14.5. The molecule has 2 N–H and O–H groups in total. The maximum atomic E-state index is 12.1. The predicted octanol–water partition coefficient (Wildman–Crippen LogP) is 1.38. The summed E-state index contributed by atoms with van der Waals surface area (Å²) in [6.45, 7) is 3.94. The van der Waals surface area contributed by atoms with Crippen LogP contribution in [0.2, 0.25) is 0 Å². The Labute approximate surface area is 114 Å². The number of aliphatic hydroxyl groups is 1. The van der Waals surface area contributed by atoms with Crippen LogP contribution in [-0.4, -0.2) is 33.3 Å². The minimum Gasteiger partial charge on any atom is -0.495 e. The molecule has 0 amide bonds. The molecule has 108 valence electrons. The van der Waals surface area contributed by atoms with E-state index in [2.05, 4.69) is 4.72 Å². The van der Waals surface area contributed by atoms with Crippen molar-refractivity contribution >= 4 is 10.0 Å². The van der Waals surface area contributed by atoms with Gasteiger partial charge in [-0.3, -0.25) is 0 Å². The number of aliphatic hydroxyl groups excluding tert-OH is 1. The molecule has 1 rings (SSSR count). The van der Waals surface area contributed by atoms with Gasteiger partial charge in [0.1, 0.15) is 10.6 Å². The molecule has 6 heteroatoms. The highest BCUT2D eigenvalue weighted by Crippen LogP contribution is 2.22. The molecule has 0 saturated heterocycles. The number of nitrogens with one attached hydrogen (secondary N) is 1. The summed E-state index contributed by atoms with van der Waals surface area (Å²) < 4.78 is 31.6. The van der Waals surface area contributed by atoms with Gasteiger partial charge in [-0.25, -0.2) is 13.1 Å². The van der Waals surface area contributed by atoms with Crippen LogP contribution >= 0.6 is 0 Å². The van der Waals surface area contributed by atoms with E-state index in [9.17, 15) is 13.5 Å². The highest BCUT2D eigenvalue weighted by atomic mass is 32.2. The van der Waals surface area contributed by atoms with Gasteiger partial charge in [0.05, 0.1) is 13.2 Å². The number of benzene rings is 1. The Morgan fingerprint density at radius 2 is 1.95 bits per heavy atom. The number of sulfonamides is 1.